The Labute approximate surface area is 131 Å². The molecule has 1 fully saturated rings. The van der Waals surface area contributed by atoms with Crippen LogP contribution in [0.15, 0.2) is 23.1 Å². The number of carboxylic acid groups (broad SMARTS) is 1. The monoisotopic (exact) mass is 326 g/mol. The minimum absolute atomic E-state index is 0.0205. The van der Waals surface area contributed by atoms with Gasteiger partial charge in [0.05, 0.1) is 11.3 Å². The first-order chi connectivity index (χ1) is 10.3. The molecular formula is C15H22N2O4S. The topological polar surface area (TPSA) is 86.7 Å². The molecule has 0 spiro atoms. The lowest BCUT2D eigenvalue weighted by atomic mass is 10.2. The largest absolute Gasteiger partial charge is 0.478 e. The number of benzene rings is 1. The second-order valence-electron chi connectivity index (χ2n) is 5.93. The smallest absolute Gasteiger partial charge is 0.335 e. The first-order valence-electron chi connectivity index (χ1n) is 7.43. The van der Waals surface area contributed by atoms with Gasteiger partial charge in [0.1, 0.15) is 4.90 Å². The molecule has 0 saturated carbocycles. The highest BCUT2D eigenvalue weighted by molar-refractivity contribution is 7.89. The van der Waals surface area contributed by atoms with Gasteiger partial charge in [0.25, 0.3) is 0 Å². The highest BCUT2D eigenvalue weighted by atomic mass is 32.2. The molecule has 22 heavy (non-hydrogen) atoms. The summed E-state index contributed by atoms with van der Waals surface area (Å²) < 4.78 is 27.7. The van der Waals surface area contributed by atoms with Crippen molar-refractivity contribution in [1.29, 1.82) is 0 Å². The fourth-order valence-corrected chi connectivity index (χ4v) is 3.90. The van der Waals surface area contributed by atoms with Crippen LogP contribution < -0.4 is 9.62 Å². The fraction of sp³-hybridized carbons (Fsp3) is 0.533. The number of sulfonamides is 1. The van der Waals surface area contributed by atoms with Crippen molar-refractivity contribution in [3.05, 3.63) is 23.8 Å². The number of hydrogen-bond donors (Lipinski definition) is 2. The summed E-state index contributed by atoms with van der Waals surface area (Å²) in [7, 11) is -3.73. The van der Waals surface area contributed by atoms with Gasteiger partial charge in [0.15, 0.2) is 0 Å². The normalized spacial score (nSPS) is 15.5. The zero-order chi connectivity index (χ0) is 16.3. The Kier molecular flexibility index (Phi) is 5.08. The lowest BCUT2D eigenvalue weighted by Gasteiger charge is -2.22. The first kappa shape index (κ1) is 16.8. The van der Waals surface area contributed by atoms with E-state index in [2.05, 4.69) is 4.72 Å². The third-order valence-electron chi connectivity index (χ3n) is 3.62. The summed E-state index contributed by atoms with van der Waals surface area (Å²) in [5.74, 6) is -0.957. The molecule has 2 N–H and O–H groups in total. The van der Waals surface area contributed by atoms with Crippen LogP contribution in [0.3, 0.4) is 0 Å². The van der Waals surface area contributed by atoms with Crippen molar-refractivity contribution in [2.75, 3.05) is 24.5 Å². The number of nitrogens with one attached hydrogen (secondary N) is 1. The Morgan fingerprint density at radius 2 is 1.95 bits per heavy atom. The third-order valence-corrected chi connectivity index (χ3v) is 5.08. The Morgan fingerprint density at radius 1 is 1.32 bits per heavy atom. The number of nitrogens with zero attached hydrogens (tertiary/aromatic N) is 1. The Bertz CT molecular complexity index is 650. The second kappa shape index (κ2) is 6.66. The van der Waals surface area contributed by atoms with E-state index in [0.29, 0.717) is 12.2 Å². The van der Waals surface area contributed by atoms with E-state index in [1.165, 1.54) is 12.1 Å². The van der Waals surface area contributed by atoms with Crippen LogP contribution in [-0.2, 0) is 10.0 Å². The number of anilines is 1. The Morgan fingerprint density at radius 3 is 2.50 bits per heavy atom. The molecule has 0 radical (unpaired) electrons. The molecule has 2 rings (SSSR count). The molecule has 1 aliphatic heterocycles. The van der Waals surface area contributed by atoms with Gasteiger partial charge in [0.2, 0.25) is 10.0 Å². The number of aromatic carboxylic acids is 1. The van der Waals surface area contributed by atoms with Gasteiger partial charge in [-0.3, -0.25) is 0 Å². The standard InChI is InChI=1S/C15H22N2O4S/c1-11(2)10-16-22(20,21)14-9-12(15(18)19)5-6-13(14)17-7-3-4-8-17/h5-6,9,11,16H,3-4,7-8,10H2,1-2H3,(H,18,19). The van der Waals surface area contributed by atoms with E-state index < -0.39 is 16.0 Å². The molecule has 0 unspecified atom stereocenters. The molecule has 7 heteroatoms. The van der Waals surface area contributed by atoms with E-state index in [0.717, 1.165) is 25.9 Å². The van der Waals surface area contributed by atoms with Crippen LogP contribution in [0.2, 0.25) is 0 Å². The van der Waals surface area contributed by atoms with E-state index in [4.69, 9.17) is 5.11 Å². The molecule has 1 aliphatic rings. The number of carboxylic acids is 1. The number of rotatable bonds is 6. The van der Waals surface area contributed by atoms with Crippen LogP contribution in [0.1, 0.15) is 37.0 Å². The van der Waals surface area contributed by atoms with Gasteiger partial charge in [-0.2, -0.15) is 0 Å². The lowest BCUT2D eigenvalue weighted by molar-refractivity contribution is 0.0696. The number of carbonyl (C=O) groups is 1. The SMILES string of the molecule is CC(C)CNS(=O)(=O)c1cc(C(=O)O)ccc1N1CCCC1. The van der Waals surface area contributed by atoms with Crippen molar-refractivity contribution >= 4 is 21.7 Å². The van der Waals surface area contributed by atoms with E-state index in [9.17, 15) is 13.2 Å². The van der Waals surface area contributed by atoms with E-state index in [1.54, 1.807) is 6.07 Å². The van der Waals surface area contributed by atoms with E-state index in [-0.39, 0.29) is 16.4 Å². The summed E-state index contributed by atoms with van der Waals surface area (Å²) >= 11 is 0. The summed E-state index contributed by atoms with van der Waals surface area (Å²) in [5.41, 5.74) is 0.562. The predicted molar refractivity (Wildman–Crippen MR) is 84.9 cm³/mol. The van der Waals surface area contributed by atoms with Gasteiger partial charge >= 0.3 is 5.97 Å². The summed E-state index contributed by atoms with van der Waals surface area (Å²) in [6.45, 7) is 5.73. The fourth-order valence-electron chi connectivity index (χ4n) is 2.44. The van der Waals surface area contributed by atoms with Gasteiger partial charge in [0, 0.05) is 19.6 Å². The second-order valence-corrected chi connectivity index (χ2v) is 7.66. The molecule has 0 atom stereocenters. The summed E-state index contributed by atoms with van der Waals surface area (Å²) in [6, 6.07) is 4.30. The van der Waals surface area contributed by atoms with Crippen molar-refractivity contribution in [2.45, 2.75) is 31.6 Å². The molecule has 122 valence electrons. The van der Waals surface area contributed by atoms with Crippen LogP contribution >= 0.6 is 0 Å². The van der Waals surface area contributed by atoms with Gasteiger partial charge in [-0.1, -0.05) is 13.8 Å². The maximum atomic E-state index is 12.6. The van der Waals surface area contributed by atoms with Gasteiger partial charge in [-0.05, 0) is 37.0 Å². The molecule has 0 aliphatic carbocycles. The molecule has 1 aromatic rings. The van der Waals surface area contributed by atoms with E-state index >= 15 is 0 Å². The lowest BCUT2D eigenvalue weighted by Crippen LogP contribution is -2.30. The van der Waals surface area contributed by atoms with E-state index in [1.807, 2.05) is 18.7 Å². The van der Waals surface area contributed by atoms with Crippen LogP contribution in [-0.4, -0.2) is 39.1 Å². The van der Waals surface area contributed by atoms with Gasteiger partial charge in [-0.25, -0.2) is 17.9 Å². The Hall–Kier alpha value is -1.60. The molecule has 6 nitrogen and oxygen atoms in total. The van der Waals surface area contributed by atoms with Crippen molar-refractivity contribution in [1.82, 2.24) is 4.72 Å². The molecule has 0 aromatic heterocycles. The van der Waals surface area contributed by atoms with Crippen LogP contribution in [0.4, 0.5) is 5.69 Å². The van der Waals surface area contributed by atoms with Crippen molar-refractivity contribution in [2.24, 2.45) is 5.92 Å². The minimum Gasteiger partial charge on any atom is -0.478 e. The highest BCUT2D eigenvalue weighted by Gasteiger charge is 2.25. The Balaban J connectivity index is 2.44. The van der Waals surface area contributed by atoms with Gasteiger partial charge in [-0.15, -0.1) is 0 Å². The minimum atomic E-state index is -3.73. The maximum Gasteiger partial charge on any atom is 0.335 e. The molecule has 0 amide bonds. The van der Waals surface area contributed by atoms with Crippen LogP contribution in [0, 0.1) is 5.92 Å². The zero-order valence-corrected chi connectivity index (χ0v) is 13.7. The van der Waals surface area contributed by atoms with Gasteiger partial charge < -0.3 is 10.0 Å². The average molecular weight is 326 g/mol. The quantitative estimate of drug-likeness (QED) is 0.834. The molecule has 1 aromatic carbocycles. The summed E-state index contributed by atoms with van der Waals surface area (Å²) in [5, 5.41) is 9.12. The molecule has 1 saturated heterocycles. The molecule has 1 heterocycles. The summed E-state index contributed by atoms with van der Waals surface area (Å²) in [6.07, 6.45) is 2.03. The van der Waals surface area contributed by atoms with Crippen molar-refractivity contribution in [3.63, 3.8) is 0 Å². The first-order valence-corrected chi connectivity index (χ1v) is 8.91. The molecule has 0 bridgehead atoms. The predicted octanol–water partition coefficient (Wildman–Crippen LogP) is 1.92. The third kappa shape index (κ3) is 3.78. The van der Waals surface area contributed by atoms with Crippen LogP contribution in [0.25, 0.3) is 0 Å². The summed E-state index contributed by atoms with van der Waals surface area (Å²) in [4.78, 5) is 13.2. The van der Waals surface area contributed by atoms with Crippen molar-refractivity contribution < 1.29 is 18.3 Å². The van der Waals surface area contributed by atoms with Crippen molar-refractivity contribution in [3.8, 4) is 0 Å². The van der Waals surface area contributed by atoms with Crippen LogP contribution in [0.5, 0.6) is 0 Å². The zero-order valence-electron chi connectivity index (χ0n) is 12.9. The number of hydrogen-bond acceptors (Lipinski definition) is 4. The molecular weight excluding hydrogens is 304 g/mol. The highest BCUT2D eigenvalue weighted by Crippen LogP contribution is 2.29. The average Bonchev–Trinajstić information content (AvgIpc) is 2.98. The maximum absolute atomic E-state index is 12.6.